The van der Waals surface area contributed by atoms with Crippen molar-refractivity contribution in [3.05, 3.63) is 41.9 Å². The van der Waals surface area contributed by atoms with Crippen molar-refractivity contribution in [2.24, 2.45) is 0 Å². The van der Waals surface area contributed by atoms with Crippen molar-refractivity contribution in [3.8, 4) is 0 Å². The lowest BCUT2D eigenvalue weighted by Gasteiger charge is -2.32. The number of nitrogens with one attached hydrogen (secondary N) is 1. The molecule has 2 aromatic rings. The highest BCUT2D eigenvalue weighted by molar-refractivity contribution is 5.92. The third-order valence-corrected chi connectivity index (χ3v) is 3.87. The predicted molar refractivity (Wildman–Crippen MR) is 77.9 cm³/mol. The van der Waals surface area contributed by atoms with Gasteiger partial charge in [-0.1, -0.05) is 0 Å². The van der Waals surface area contributed by atoms with E-state index < -0.39 is 0 Å². The molecule has 1 N–H and O–H groups in total. The molecule has 2 amide bonds. The number of aromatic nitrogens is 2. The molecule has 3 rings (SSSR count). The number of hydrogen-bond donors (Lipinski definition) is 1. The number of carbonyl (C=O) groups is 2. The van der Waals surface area contributed by atoms with E-state index in [0.29, 0.717) is 31.1 Å². The van der Waals surface area contributed by atoms with Gasteiger partial charge in [-0.25, -0.2) is 4.98 Å². The van der Waals surface area contributed by atoms with Crippen LogP contribution in [0.1, 0.15) is 42.0 Å². The number of rotatable bonds is 3. The van der Waals surface area contributed by atoms with Crippen LogP contribution in [-0.2, 0) is 17.9 Å². The molecule has 0 saturated heterocycles. The zero-order chi connectivity index (χ0) is 15.7. The Kier molecular flexibility index (Phi) is 3.70. The van der Waals surface area contributed by atoms with Crippen LogP contribution in [0.5, 0.6) is 0 Å². The lowest BCUT2D eigenvalue weighted by molar-refractivity contribution is -0.132. The maximum atomic E-state index is 12.2. The van der Waals surface area contributed by atoms with Crippen molar-refractivity contribution in [2.45, 2.75) is 33.0 Å². The molecule has 1 atom stereocenters. The van der Waals surface area contributed by atoms with Crippen molar-refractivity contribution < 1.29 is 14.0 Å². The first-order valence-corrected chi connectivity index (χ1v) is 7.21. The molecule has 7 nitrogen and oxygen atoms in total. The zero-order valence-electron chi connectivity index (χ0n) is 12.6. The first kappa shape index (κ1) is 14.4. The fraction of sp³-hybridized carbons (Fsp3) is 0.400. The van der Waals surface area contributed by atoms with Crippen molar-refractivity contribution in [1.29, 1.82) is 0 Å². The molecule has 116 valence electrons. The Hall–Kier alpha value is -2.57. The molecule has 0 aliphatic carbocycles. The van der Waals surface area contributed by atoms with Crippen LogP contribution in [0.3, 0.4) is 0 Å². The van der Waals surface area contributed by atoms with Crippen LogP contribution in [0.25, 0.3) is 0 Å². The minimum absolute atomic E-state index is 0.0190. The number of hydrogen-bond acceptors (Lipinski definition) is 4. The van der Waals surface area contributed by atoms with Gasteiger partial charge in [0.05, 0.1) is 18.8 Å². The summed E-state index contributed by atoms with van der Waals surface area (Å²) in [4.78, 5) is 29.9. The summed E-state index contributed by atoms with van der Waals surface area (Å²) in [6.45, 7) is 5.07. The summed E-state index contributed by atoms with van der Waals surface area (Å²) in [5.41, 5.74) is 0.360. The Morgan fingerprint density at radius 1 is 1.45 bits per heavy atom. The Balaban J connectivity index is 1.73. The average molecular weight is 302 g/mol. The van der Waals surface area contributed by atoms with Crippen molar-refractivity contribution in [2.75, 3.05) is 6.54 Å². The third-order valence-electron chi connectivity index (χ3n) is 3.87. The van der Waals surface area contributed by atoms with E-state index in [1.54, 1.807) is 36.4 Å². The van der Waals surface area contributed by atoms with E-state index >= 15 is 0 Å². The number of nitrogens with zero attached hydrogens (tertiary/aromatic N) is 3. The monoisotopic (exact) mass is 302 g/mol. The molecule has 3 heterocycles. The van der Waals surface area contributed by atoms with Crippen LogP contribution in [0.15, 0.2) is 29.0 Å². The van der Waals surface area contributed by atoms with Gasteiger partial charge in [-0.15, -0.1) is 0 Å². The van der Waals surface area contributed by atoms with Crippen LogP contribution in [0.4, 0.5) is 0 Å². The van der Waals surface area contributed by atoms with Gasteiger partial charge in [0.25, 0.3) is 5.91 Å². The molecule has 2 aromatic heterocycles. The first-order valence-electron chi connectivity index (χ1n) is 7.21. The van der Waals surface area contributed by atoms with Gasteiger partial charge in [0.2, 0.25) is 5.91 Å². The summed E-state index contributed by atoms with van der Waals surface area (Å²) >= 11 is 0. The van der Waals surface area contributed by atoms with Gasteiger partial charge < -0.3 is 19.2 Å². The van der Waals surface area contributed by atoms with Gasteiger partial charge in [0.15, 0.2) is 0 Å². The standard InChI is InChI=1S/C15H18N4O3/c1-10-14-17-13(9-18(14)5-6-19(10)11(2)20)15(21)16-8-12-4-3-7-22-12/h3-4,7,9-10H,5-6,8H2,1-2H3,(H,16,21)/t10-/m0/s1. The van der Waals surface area contributed by atoms with Gasteiger partial charge in [-0.3, -0.25) is 9.59 Å². The molecule has 0 spiro atoms. The van der Waals surface area contributed by atoms with E-state index in [-0.39, 0.29) is 17.9 Å². The Morgan fingerprint density at radius 3 is 2.95 bits per heavy atom. The summed E-state index contributed by atoms with van der Waals surface area (Å²) < 4.78 is 7.11. The summed E-state index contributed by atoms with van der Waals surface area (Å²) in [6.07, 6.45) is 3.30. The summed E-state index contributed by atoms with van der Waals surface area (Å²) in [6, 6.07) is 3.44. The molecule has 0 saturated carbocycles. The molecule has 0 aromatic carbocycles. The quantitative estimate of drug-likeness (QED) is 0.927. The van der Waals surface area contributed by atoms with E-state index in [4.69, 9.17) is 4.42 Å². The van der Waals surface area contributed by atoms with Crippen molar-refractivity contribution in [1.82, 2.24) is 19.8 Å². The fourth-order valence-corrected chi connectivity index (χ4v) is 2.70. The van der Waals surface area contributed by atoms with E-state index in [1.807, 2.05) is 11.5 Å². The van der Waals surface area contributed by atoms with E-state index in [0.717, 1.165) is 5.82 Å². The van der Waals surface area contributed by atoms with Gasteiger partial charge in [-0.2, -0.15) is 0 Å². The molecule has 0 fully saturated rings. The normalized spacial score (nSPS) is 17.2. The fourth-order valence-electron chi connectivity index (χ4n) is 2.70. The molecule has 0 bridgehead atoms. The summed E-state index contributed by atoms with van der Waals surface area (Å²) in [5.74, 6) is 1.20. The van der Waals surface area contributed by atoms with Crippen LogP contribution in [0.2, 0.25) is 0 Å². The Morgan fingerprint density at radius 2 is 2.27 bits per heavy atom. The molecule has 0 radical (unpaired) electrons. The number of carbonyl (C=O) groups excluding carboxylic acids is 2. The van der Waals surface area contributed by atoms with Crippen LogP contribution in [-0.4, -0.2) is 32.8 Å². The smallest absolute Gasteiger partial charge is 0.271 e. The van der Waals surface area contributed by atoms with Gasteiger partial charge in [0.1, 0.15) is 17.3 Å². The predicted octanol–water partition coefficient (Wildman–Crippen LogP) is 1.33. The first-order chi connectivity index (χ1) is 10.6. The maximum absolute atomic E-state index is 12.2. The molecule has 1 aliphatic heterocycles. The highest BCUT2D eigenvalue weighted by Crippen LogP contribution is 2.24. The van der Waals surface area contributed by atoms with E-state index in [1.165, 1.54) is 0 Å². The Labute approximate surface area is 127 Å². The zero-order valence-corrected chi connectivity index (χ0v) is 12.6. The van der Waals surface area contributed by atoms with Gasteiger partial charge >= 0.3 is 0 Å². The topological polar surface area (TPSA) is 80.4 Å². The average Bonchev–Trinajstić information content (AvgIpc) is 3.14. The molecular formula is C15H18N4O3. The van der Waals surface area contributed by atoms with E-state index in [9.17, 15) is 9.59 Å². The molecule has 1 aliphatic rings. The Bertz CT molecular complexity index is 690. The number of amides is 2. The highest BCUT2D eigenvalue weighted by atomic mass is 16.3. The highest BCUT2D eigenvalue weighted by Gasteiger charge is 2.28. The minimum Gasteiger partial charge on any atom is -0.467 e. The number of furan rings is 1. The van der Waals surface area contributed by atoms with Gasteiger partial charge in [0, 0.05) is 26.2 Å². The SMILES string of the molecule is CC(=O)N1CCn2cc(C(=O)NCc3ccco3)nc2[C@@H]1C. The molecular weight excluding hydrogens is 284 g/mol. The van der Waals surface area contributed by atoms with Crippen LogP contribution >= 0.6 is 0 Å². The third kappa shape index (κ3) is 2.61. The minimum atomic E-state index is -0.250. The van der Waals surface area contributed by atoms with Crippen molar-refractivity contribution in [3.63, 3.8) is 0 Å². The second-order valence-corrected chi connectivity index (χ2v) is 5.33. The van der Waals surface area contributed by atoms with Gasteiger partial charge in [-0.05, 0) is 19.1 Å². The van der Waals surface area contributed by atoms with Crippen molar-refractivity contribution >= 4 is 11.8 Å². The number of imidazole rings is 1. The number of fused-ring (bicyclic) bond motifs is 1. The summed E-state index contributed by atoms with van der Waals surface area (Å²) in [7, 11) is 0. The second-order valence-electron chi connectivity index (χ2n) is 5.33. The molecule has 22 heavy (non-hydrogen) atoms. The van der Waals surface area contributed by atoms with Crippen LogP contribution < -0.4 is 5.32 Å². The maximum Gasteiger partial charge on any atom is 0.271 e. The van der Waals surface area contributed by atoms with Crippen LogP contribution in [0, 0.1) is 0 Å². The summed E-state index contributed by atoms with van der Waals surface area (Å²) in [5, 5.41) is 2.77. The molecule has 0 unspecified atom stereocenters. The second kappa shape index (κ2) is 5.67. The molecule has 7 heteroatoms. The lowest BCUT2D eigenvalue weighted by Crippen LogP contribution is -2.39. The van der Waals surface area contributed by atoms with E-state index in [2.05, 4.69) is 10.3 Å². The lowest BCUT2D eigenvalue weighted by atomic mass is 10.2. The largest absolute Gasteiger partial charge is 0.467 e.